The van der Waals surface area contributed by atoms with Crippen molar-refractivity contribution in [2.75, 3.05) is 20.2 Å². The average Bonchev–Trinajstić information content (AvgIpc) is 3.22. The Morgan fingerprint density at radius 1 is 1.15 bits per heavy atom. The molecule has 1 N–H and O–H groups in total. The van der Waals surface area contributed by atoms with Crippen molar-refractivity contribution >= 4 is 15.9 Å². The minimum atomic E-state index is -3.46. The lowest BCUT2D eigenvalue weighted by molar-refractivity contribution is 0.0947. The van der Waals surface area contributed by atoms with Gasteiger partial charge in [0.15, 0.2) is 0 Å². The zero-order chi connectivity index (χ0) is 19.4. The van der Waals surface area contributed by atoms with E-state index >= 15 is 0 Å². The molecule has 0 aromatic heterocycles. The molecule has 1 aliphatic rings. The Morgan fingerprint density at radius 3 is 2.41 bits per heavy atom. The van der Waals surface area contributed by atoms with E-state index in [-0.39, 0.29) is 17.0 Å². The van der Waals surface area contributed by atoms with Gasteiger partial charge < -0.3 is 10.1 Å². The monoisotopic (exact) mass is 392 g/mol. The van der Waals surface area contributed by atoms with Crippen molar-refractivity contribution < 1.29 is 22.3 Å². The summed E-state index contributed by atoms with van der Waals surface area (Å²) in [6.45, 7) is 1.26. The van der Waals surface area contributed by atoms with Crippen LogP contribution >= 0.6 is 0 Å². The SMILES string of the molecule is COc1ccc(C(=O)NCc2ccc(S(=O)(=O)N3CCCC3)cc2)c(F)c1. The molecule has 3 rings (SSSR count). The normalized spacial score (nSPS) is 14.9. The van der Waals surface area contributed by atoms with Crippen LogP contribution in [0.15, 0.2) is 47.4 Å². The van der Waals surface area contributed by atoms with Crippen LogP contribution in [0, 0.1) is 5.82 Å². The van der Waals surface area contributed by atoms with Gasteiger partial charge in [-0.05, 0) is 42.7 Å². The lowest BCUT2D eigenvalue weighted by Gasteiger charge is -2.15. The summed E-state index contributed by atoms with van der Waals surface area (Å²) >= 11 is 0. The van der Waals surface area contributed by atoms with Crippen molar-refractivity contribution in [3.8, 4) is 5.75 Å². The van der Waals surface area contributed by atoms with Gasteiger partial charge in [-0.1, -0.05) is 12.1 Å². The lowest BCUT2D eigenvalue weighted by atomic mass is 10.1. The van der Waals surface area contributed by atoms with Gasteiger partial charge in [0.2, 0.25) is 10.0 Å². The quantitative estimate of drug-likeness (QED) is 0.820. The number of hydrogen-bond acceptors (Lipinski definition) is 4. The van der Waals surface area contributed by atoms with Gasteiger partial charge in [-0.25, -0.2) is 12.8 Å². The lowest BCUT2D eigenvalue weighted by Crippen LogP contribution is -2.28. The summed E-state index contributed by atoms with van der Waals surface area (Å²) in [7, 11) is -2.04. The van der Waals surface area contributed by atoms with Crippen molar-refractivity contribution in [2.24, 2.45) is 0 Å². The number of carbonyl (C=O) groups excluding carboxylic acids is 1. The van der Waals surface area contributed by atoms with Crippen LogP contribution in [-0.4, -0.2) is 38.8 Å². The first-order valence-corrected chi connectivity index (χ1v) is 10.1. The molecular formula is C19H21FN2O4S. The fourth-order valence-electron chi connectivity index (χ4n) is 2.94. The summed E-state index contributed by atoms with van der Waals surface area (Å²) < 4.78 is 45.3. The summed E-state index contributed by atoms with van der Waals surface area (Å²) in [5, 5.41) is 2.63. The van der Waals surface area contributed by atoms with E-state index in [2.05, 4.69) is 5.32 Å². The molecule has 0 aliphatic carbocycles. The molecular weight excluding hydrogens is 371 g/mol. The Morgan fingerprint density at radius 2 is 1.81 bits per heavy atom. The number of rotatable bonds is 6. The molecule has 0 bridgehead atoms. The first-order chi connectivity index (χ1) is 12.9. The van der Waals surface area contributed by atoms with Crippen LogP contribution in [0.5, 0.6) is 5.75 Å². The first kappa shape index (κ1) is 19.3. The number of ether oxygens (including phenoxy) is 1. The first-order valence-electron chi connectivity index (χ1n) is 8.62. The number of nitrogens with one attached hydrogen (secondary N) is 1. The highest BCUT2D eigenvalue weighted by atomic mass is 32.2. The molecule has 27 heavy (non-hydrogen) atoms. The Balaban J connectivity index is 1.64. The molecule has 0 saturated carbocycles. The molecule has 0 spiro atoms. The van der Waals surface area contributed by atoms with E-state index in [0.717, 1.165) is 24.5 Å². The van der Waals surface area contributed by atoms with E-state index < -0.39 is 21.7 Å². The molecule has 0 unspecified atom stereocenters. The summed E-state index contributed by atoms with van der Waals surface area (Å²) in [4.78, 5) is 12.4. The predicted molar refractivity (Wildman–Crippen MR) is 98.6 cm³/mol. The number of halogens is 1. The summed E-state index contributed by atoms with van der Waals surface area (Å²) in [5.41, 5.74) is 0.640. The molecule has 8 heteroatoms. The van der Waals surface area contributed by atoms with E-state index in [4.69, 9.17) is 4.74 Å². The highest BCUT2D eigenvalue weighted by Crippen LogP contribution is 2.21. The zero-order valence-electron chi connectivity index (χ0n) is 14.9. The smallest absolute Gasteiger partial charge is 0.254 e. The van der Waals surface area contributed by atoms with Crippen LogP contribution in [0.4, 0.5) is 4.39 Å². The van der Waals surface area contributed by atoms with Gasteiger partial charge in [-0.3, -0.25) is 4.79 Å². The number of sulfonamides is 1. The second kappa shape index (κ2) is 8.06. The number of nitrogens with zero attached hydrogens (tertiary/aromatic N) is 1. The topological polar surface area (TPSA) is 75.7 Å². The third kappa shape index (κ3) is 4.28. The third-order valence-corrected chi connectivity index (χ3v) is 6.41. The van der Waals surface area contributed by atoms with Crippen molar-refractivity contribution in [1.82, 2.24) is 9.62 Å². The molecule has 0 radical (unpaired) electrons. The fourth-order valence-corrected chi connectivity index (χ4v) is 4.46. The molecule has 0 atom stereocenters. The van der Waals surface area contributed by atoms with Crippen molar-refractivity contribution in [3.63, 3.8) is 0 Å². The minimum Gasteiger partial charge on any atom is -0.497 e. The Bertz CT molecular complexity index is 923. The number of carbonyl (C=O) groups is 1. The van der Waals surface area contributed by atoms with Gasteiger partial charge in [0.05, 0.1) is 17.6 Å². The molecule has 1 saturated heterocycles. The molecule has 144 valence electrons. The van der Waals surface area contributed by atoms with E-state index in [1.807, 2.05) is 0 Å². The zero-order valence-corrected chi connectivity index (χ0v) is 15.8. The second-order valence-electron chi connectivity index (χ2n) is 6.28. The highest BCUT2D eigenvalue weighted by Gasteiger charge is 2.26. The number of benzene rings is 2. The minimum absolute atomic E-state index is 0.0796. The largest absolute Gasteiger partial charge is 0.497 e. The summed E-state index contributed by atoms with van der Waals surface area (Å²) in [5.74, 6) is -0.887. The number of amides is 1. The molecule has 1 fully saturated rings. The van der Waals surface area contributed by atoms with Crippen LogP contribution < -0.4 is 10.1 Å². The highest BCUT2D eigenvalue weighted by molar-refractivity contribution is 7.89. The van der Waals surface area contributed by atoms with Crippen molar-refractivity contribution in [1.29, 1.82) is 0 Å². The maximum absolute atomic E-state index is 13.9. The maximum Gasteiger partial charge on any atom is 0.254 e. The Kier molecular flexibility index (Phi) is 5.76. The van der Waals surface area contributed by atoms with E-state index in [0.29, 0.717) is 18.8 Å². The molecule has 2 aromatic carbocycles. The van der Waals surface area contributed by atoms with Gasteiger partial charge in [0.1, 0.15) is 11.6 Å². The van der Waals surface area contributed by atoms with Crippen LogP contribution in [0.3, 0.4) is 0 Å². The Labute approximate surface area is 158 Å². The van der Waals surface area contributed by atoms with E-state index in [9.17, 15) is 17.6 Å². The van der Waals surface area contributed by atoms with Crippen LogP contribution in [0.1, 0.15) is 28.8 Å². The van der Waals surface area contributed by atoms with E-state index in [1.54, 1.807) is 12.1 Å². The van der Waals surface area contributed by atoms with Gasteiger partial charge in [0, 0.05) is 25.7 Å². The molecule has 6 nitrogen and oxygen atoms in total. The Hall–Kier alpha value is -2.45. The molecule has 1 aliphatic heterocycles. The van der Waals surface area contributed by atoms with Crippen LogP contribution in [-0.2, 0) is 16.6 Å². The number of methoxy groups -OCH3 is 1. The van der Waals surface area contributed by atoms with Gasteiger partial charge in [-0.2, -0.15) is 4.31 Å². The average molecular weight is 392 g/mol. The van der Waals surface area contributed by atoms with Crippen molar-refractivity contribution in [3.05, 3.63) is 59.4 Å². The van der Waals surface area contributed by atoms with Crippen LogP contribution in [0.2, 0.25) is 0 Å². The third-order valence-electron chi connectivity index (χ3n) is 4.50. The standard InChI is InChI=1S/C19H21FN2O4S/c1-26-15-6-9-17(18(20)12-15)19(23)21-13-14-4-7-16(8-5-14)27(24,25)22-10-2-3-11-22/h4-9,12H,2-3,10-11,13H2,1H3,(H,21,23). The van der Waals surface area contributed by atoms with Gasteiger partial charge in [-0.15, -0.1) is 0 Å². The summed E-state index contributed by atoms with van der Waals surface area (Å²) in [6, 6.07) is 10.4. The predicted octanol–water partition coefficient (Wildman–Crippen LogP) is 2.55. The molecule has 2 aromatic rings. The fraction of sp³-hybridized carbons (Fsp3) is 0.316. The molecule has 1 heterocycles. The summed E-state index contributed by atoms with van der Waals surface area (Å²) in [6.07, 6.45) is 1.76. The van der Waals surface area contributed by atoms with Crippen LogP contribution in [0.25, 0.3) is 0 Å². The maximum atomic E-state index is 13.9. The molecule has 1 amide bonds. The van der Waals surface area contributed by atoms with E-state index in [1.165, 1.54) is 35.7 Å². The second-order valence-corrected chi connectivity index (χ2v) is 8.22. The number of hydrogen-bond donors (Lipinski definition) is 1. The van der Waals surface area contributed by atoms with Gasteiger partial charge in [0.25, 0.3) is 5.91 Å². The van der Waals surface area contributed by atoms with Crippen molar-refractivity contribution in [2.45, 2.75) is 24.3 Å². The van der Waals surface area contributed by atoms with Gasteiger partial charge >= 0.3 is 0 Å².